The maximum atomic E-state index is 13.4. The smallest absolute Gasteiger partial charge is 0.316 e. The molecule has 5 rings (SSSR count). The van der Waals surface area contributed by atoms with E-state index in [2.05, 4.69) is 31.9 Å². The minimum atomic E-state index is -0.209. The van der Waals surface area contributed by atoms with Gasteiger partial charge in [0.2, 0.25) is 0 Å². The standard InChI is InChI=1S/C25H23N7O/c1-17-6-3-10-22(12-17)27-25(33)31(15-19-8-5-11-26-14-19)16-21-13-20-9-4-7-18(2)23(20)32-24(21)28-29-30-32/h3-14H,15-16H2,1-2H3,(H,27,33). The lowest BCUT2D eigenvalue weighted by Gasteiger charge is -2.24. The van der Waals surface area contributed by atoms with E-state index < -0.39 is 0 Å². The van der Waals surface area contributed by atoms with Crippen molar-refractivity contribution in [1.29, 1.82) is 0 Å². The van der Waals surface area contributed by atoms with Crippen molar-refractivity contribution < 1.29 is 4.79 Å². The minimum Gasteiger partial charge on any atom is -0.316 e. The van der Waals surface area contributed by atoms with Gasteiger partial charge >= 0.3 is 6.03 Å². The summed E-state index contributed by atoms with van der Waals surface area (Å²) >= 11 is 0. The summed E-state index contributed by atoms with van der Waals surface area (Å²) < 4.78 is 1.75. The van der Waals surface area contributed by atoms with Crippen LogP contribution >= 0.6 is 0 Å². The number of hydrogen-bond acceptors (Lipinski definition) is 5. The molecule has 0 aliphatic carbocycles. The Balaban J connectivity index is 1.53. The predicted octanol–water partition coefficient (Wildman–Crippen LogP) is 4.52. The SMILES string of the molecule is Cc1cccc(NC(=O)N(Cc2cccnc2)Cc2cc3cccc(C)c3n3nnnc23)c1. The van der Waals surface area contributed by atoms with E-state index in [0.717, 1.165) is 38.8 Å². The fourth-order valence-electron chi connectivity index (χ4n) is 4.04. The Labute approximate surface area is 190 Å². The molecule has 1 N–H and O–H groups in total. The molecule has 0 radical (unpaired) electrons. The van der Waals surface area contributed by atoms with Crippen LogP contribution in [0.25, 0.3) is 16.6 Å². The lowest BCUT2D eigenvalue weighted by molar-refractivity contribution is 0.206. The van der Waals surface area contributed by atoms with Crippen LogP contribution in [0, 0.1) is 13.8 Å². The third-order valence-corrected chi connectivity index (χ3v) is 5.58. The van der Waals surface area contributed by atoms with Crippen LogP contribution in [0.1, 0.15) is 22.3 Å². The fraction of sp³-hybridized carbons (Fsp3) is 0.160. The van der Waals surface area contributed by atoms with E-state index in [1.165, 1.54) is 0 Å². The molecular formula is C25H23N7O. The van der Waals surface area contributed by atoms with Gasteiger partial charge in [0.15, 0.2) is 5.65 Å². The van der Waals surface area contributed by atoms with Crippen molar-refractivity contribution >= 4 is 28.3 Å². The normalized spacial score (nSPS) is 11.1. The zero-order valence-electron chi connectivity index (χ0n) is 18.4. The maximum Gasteiger partial charge on any atom is 0.322 e. The highest BCUT2D eigenvalue weighted by atomic mass is 16.2. The highest BCUT2D eigenvalue weighted by Gasteiger charge is 2.19. The van der Waals surface area contributed by atoms with E-state index in [0.29, 0.717) is 18.7 Å². The van der Waals surface area contributed by atoms with Crippen molar-refractivity contribution in [2.24, 2.45) is 0 Å². The first kappa shape index (κ1) is 20.6. The van der Waals surface area contributed by atoms with E-state index >= 15 is 0 Å². The molecule has 2 aromatic carbocycles. The van der Waals surface area contributed by atoms with E-state index in [9.17, 15) is 4.79 Å². The van der Waals surface area contributed by atoms with Crippen LogP contribution in [0.5, 0.6) is 0 Å². The number of benzene rings is 2. The van der Waals surface area contributed by atoms with E-state index in [1.807, 2.05) is 68.4 Å². The average molecular weight is 438 g/mol. The molecule has 0 spiro atoms. The number of aryl methyl sites for hydroxylation is 2. The van der Waals surface area contributed by atoms with Gasteiger partial charge in [-0.3, -0.25) is 4.98 Å². The largest absolute Gasteiger partial charge is 0.322 e. The number of carbonyl (C=O) groups excluding carboxylic acids is 1. The van der Waals surface area contributed by atoms with Gasteiger partial charge in [-0.25, -0.2) is 4.79 Å². The van der Waals surface area contributed by atoms with E-state index in [4.69, 9.17) is 0 Å². The van der Waals surface area contributed by atoms with Gasteiger partial charge in [0.25, 0.3) is 0 Å². The van der Waals surface area contributed by atoms with Gasteiger partial charge in [0.05, 0.1) is 12.1 Å². The summed E-state index contributed by atoms with van der Waals surface area (Å²) in [5.41, 5.74) is 6.30. The zero-order valence-corrected chi connectivity index (χ0v) is 18.4. The summed E-state index contributed by atoms with van der Waals surface area (Å²) in [6.07, 6.45) is 3.49. The Morgan fingerprint density at radius 3 is 2.73 bits per heavy atom. The molecule has 33 heavy (non-hydrogen) atoms. The molecule has 3 heterocycles. The second kappa shape index (κ2) is 8.66. The summed E-state index contributed by atoms with van der Waals surface area (Å²) in [6.45, 7) is 4.76. The van der Waals surface area contributed by atoms with Crippen LogP contribution in [-0.4, -0.2) is 36.0 Å². The molecule has 8 heteroatoms. The van der Waals surface area contributed by atoms with Crippen molar-refractivity contribution in [2.45, 2.75) is 26.9 Å². The van der Waals surface area contributed by atoms with Crippen molar-refractivity contribution in [3.8, 4) is 0 Å². The van der Waals surface area contributed by atoms with Gasteiger partial charge in [-0.2, -0.15) is 4.52 Å². The minimum absolute atomic E-state index is 0.209. The van der Waals surface area contributed by atoms with Crippen LogP contribution in [-0.2, 0) is 13.1 Å². The Hall–Kier alpha value is -4.33. The molecular weight excluding hydrogens is 414 g/mol. The van der Waals surface area contributed by atoms with Gasteiger partial charge < -0.3 is 10.2 Å². The fourth-order valence-corrected chi connectivity index (χ4v) is 4.04. The molecule has 0 saturated heterocycles. The Bertz CT molecular complexity index is 1450. The molecule has 2 amide bonds. The lowest BCUT2D eigenvalue weighted by atomic mass is 10.1. The van der Waals surface area contributed by atoms with Crippen molar-refractivity contribution in [1.82, 2.24) is 29.9 Å². The summed E-state index contributed by atoms with van der Waals surface area (Å²) in [4.78, 5) is 19.3. The van der Waals surface area contributed by atoms with Gasteiger partial charge in [0, 0.05) is 35.6 Å². The number of aromatic nitrogens is 5. The molecule has 0 fully saturated rings. The molecule has 0 unspecified atom stereocenters. The first-order valence-electron chi connectivity index (χ1n) is 10.7. The number of fused-ring (bicyclic) bond motifs is 3. The number of urea groups is 1. The second-order valence-corrected chi connectivity index (χ2v) is 8.11. The number of carbonyl (C=O) groups is 1. The summed E-state index contributed by atoms with van der Waals surface area (Å²) in [6, 6.07) is 19.5. The number of anilines is 1. The third-order valence-electron chi connectivity index (χ3n) is 5.58. The number of para-hydroxylation sites is 1. The maximum absolute atomic E-state index is 13.4. The first-order chi connectivity index (χ1) is 16.1. The highest BCUT2D eigenvalue weighted by molar-refractivity contribution is 5.90. The van der Waals surface area contributed by atoms with E-state index in [1.54, 1.807) is 21.8 Å². The second-order valence-electron chi connectivity index (χ2n) is 8.11. The zero-order chi connectivity index (χ0) is 22.8. The molecule has 5 aromatic rings. The average Bonchev–Trinajstić information content (AvgIpc) is 3.29. The number of nitrogens with one attached hydrogen (secondary N) is 1. The van der Waals surface area contributed by atoms with Crippen LogP contribution in [0.3, 0.4) is 0 Å². The molecule has 8 nitrogen and oxygen atoms in total. The highest BCUT2D eigenvalue weighted by Crippen LogP contribution is 2.24. The molecule has 164 valence electrons. The van der Waals surface area contributed by atoms with Crippen molar-refractivity contribution in [3.63, 3.8) is 0 Å². The number of amides is 2. The lowest BCUT2D eigenvalue weighted by Crippen LogP contribution is -2.34. The Morgan fingerprint density at radius 2 is 1.91 bits per heavy atom. The molecule has 0 bridgehead atoms. The Morgan fingerprint density at radius 1 is 1.03 bits per heavy atom. The predicted molar refractivity (Wildman–Crippen MR) is 127 cm³/mol. The van der Waals surface area contributed by atoms with Gasteiger partial charge in [-0.05, 0) is 65.2 Å². The molecule has 3 aromatic heterocycles. The van der Waals surface area contributed by atoms with Crippen molar-refractivity contribution in [3.05, 3.63) is 95.3 Å². The van der Waals surface area contributed by atoms with Crippen LogP contribution in [0.4, 0.5) is 10.5 Å². The number of nitrogens with zero attached hydrogens (tertiary/aromatic N) is 6. The van der Waals surface area contributed by atoms with Gasteiger partial charge in [-0.15, -0.1) is 5.10 Å². The first-order valence-corrected chi connectivity index (χ1v) is 10.7. The van der Waals surface area contributed by atoms with Crippen LogP contribution < -0.4 is 5.32 Å². The third kappa shape index (κ3) is 4.23. The number of hydrogen-bond donors (Lipinski definition) is 1. The Kier molecular flexibility index (Phi) is 5.40. The van der Waals surface area contributed by atoms with Crippen LogP contribution in [0.2, 0.25) is 0 Å². The molecule has 0 aliphatic rings. The van der Waals surface area contributed by atoms with Gasteiger partial charge in [-0.1, -0.05) is 36.4 Å². The van der Waals surface area contributed by atoms with Crippen LogP contribution in [0.15, 0.2) is 73.1 Å². The number of pyridine rings is 2. The topological polar surface area (TPSA) is 88.3 Å². The summed E-state index contributed by atoms with van der Waals surface area (Å²) in [7, 11) is 0. The summed E-state index contributed by atoms with van der Waals surface area (Å²) in [5.74, 6) is 0. The van der Waals surface area contributed by atoms with Gasteiger partial charge in [0.1, 0.15) is 0 Å². The van der Waals surface area contributed by atoms with E-state index in [-0.39, 0.29) is 6.03 Å². The van der Waals surface area contributed by atoms with Crippen molar-refractivity contribution in [2.75, 3.05) is 5.32 Å². The monoisotopic (exact) mass is 437 g/mol. The number of tetrazole rings is 1. The molecule has 0 aliphatic heterocycles. The quantitative estimate of drug-likeness (QED) is 0.437. The molecule has 0 saturated carbocycles. The summed E-state index contributed by atoms with van der Waals surface area (Å²) in [5, 5.41) is 16.4. The number of rotatable bonds is 5. The molecule has 0 atom stereocenters.